The maximum Gasteiger partial charge on any atom is 0.318 e. The van der Waals surface area contributed by atoms with E-state index < -0.39 is 0 Å². The highest BCUT2D eigenvalue weighted by Crippen LogP contribution is 2.55. The molecule has 5 fully saturated rings. The predicted molar refractivity (Wildman–Crippen MR) is 83.1 cm³/mol. The van der Waals surface area contributed by atoms with E-state index in [2.05, 4.69) is 29.4 Å². The molecule has 1 saturated heterocycles. The molecule has 0 radical (unpaired) electrons. The lowest BCUT2D eigenvalue weighted by molar-refractivity contribution is -0.0169. The van der Waals surface area contributed by atoms with E-state index in [9.17, 15) is 4.79 Å². The zero-order valence-electron chi connectivity index (χ0n) is 13.4. The molecule has 4 aliphatic carbocycles. The molecule has 5 rings (SSSR count). The van der Waals surface area contributed by atoms with E-state index in [-0.39, 0.29) is 11.6 Å². The molecule has 4 bridgehead atoms. The molecule has 21 heavy (non-hydrogen) atoms. The van der Waals surface area contributed by atoms with E-state index >= 15 is 0 Å². The first-order valence-electron chi connectivity index (χ1n) is 8.85. The number of rotatable bonds is 1. The maximum absolute atomic E-state index is 12.8. The number of nitrogens with one attached hydrogen (secondary N) is 2. The average Bonchev–Trinajstić information content (AvgIpc) is 2.39. The highest BCUT2D eigenvalue weighted by Gasteiger charge is 2.52. The van der Waals surface area contributed by atoms with Crippen LogP contribution in [0.1, 0.15) is 52.4 Å². The Kier molecular flexibility index (Phi) is 3.21. The zero-order valence-corrected chi connectivity index (χ0v) is 13.4. The van der Waals surface area contributed by atoms with Crippen molar-refractivity contribution >= 4 is 6.03 Å². The van der Waals surface area contributed by atoms with Crippen LogP contribution in [-0.4, -0.2) is 41.6 Å². The molecule has 2 N–H and O–H groups in total. The molecule has 1 aliphatic heterocycles. The second-order valence-electron chi connectivity index (χ2n) is 8.44. The third-order valence-electron chi connectivity index (χ3n) is 6.44. The van der Waals surface area contributed by atoms with Gasteiger partial charge in [0.15, 0.2) is 0 Å². The van der Waals surface area contributed by atoms with Crippen molar-refractivity contribution in [3.63, 3.8) is 0 Å². The summed E-state index contributed by atoms with van der Waals surface area (Å²) in [5.74, 6) is 2.66. The van der Waals surface area contributed by atoms with Crippen molar-refractivity contribution in [3.8, 4) is 0 Å². The highest BCUT2D eigenvalue weighted by molar-refractivity contribution is 5.75. The fourth-order valence-corrected chi connectivity index (χ4v) is 5.87. The Hall–Kier alpha value is -0.770. The van der Waals surface area contributed by atoms with Gasteiger partial charge in [-0.15, -0.1) is 0 Å². The second kappa shape index (κ2) is 4.87. The molecule has 5 aliphatic rings. The largest absolute Gasteiger partial charge is 0.333 e. The van der Waals surface area contributed by atoms with Gasteiger partial charge in [-0.25, -0.2) is 4.79 Å². The Balaban J connectivity index is 1.46. The monoisotopic (exact) mass is 291 g/mol. The quantitative estimate of drug-likeness (QED) is 0.779. The number of amides is 2. The van der Waals surface area contributed by atoms with E-state index in [1.807, 2.05) is 0 Å². The Morgan fingerprint density at radius 3 is 2.24 bits per heavy atom. The molecule has 4 saturated carbocycles. The van der Waals surface area contributed by atoms with Gasteiger partial charge in [0.2, 0.25) is 0 Å². The van der Waals surface area contributed by atoms with E-state index in [1.165, 1.54) is 38.5 Å². The Labute approximate surface area is 128 Å². The van der Waals surface area contributed by atoms with Gasteiger partial charge in [0.1, 0.15) is 0 Å². The maximum atomic E-state index is 12.8. The average molecular weight is 291 g/mol. The summed E-state index contributed by atoms with van der Waals surface area (Å²) in [6, 6.07) is 0.899. The number of hydrogen-bond acceptors (Lipinski definition) is 2. The van der Waals surface area contributed by atoms with Crippen LogP contribution in [-0.2, 0) is 0 Å². The third-order valence-corrected chi connectivity index (χ3v) is 6.44. The predicted octanol–water partition coefficient (Wildman–Crippen LogP) is 2.35. The van der Waals surface area contributed by atoms with Gasteiger partial charge in [-0.3, -0.25) is 0 Å². The normalized spacial score (nSPS) is 48.5. The molecule has 0 spiro atoms. The molecular formula is C17H29N3O. The molecule has 118 valence electrons. The van der Waals surface area contributed by atoms with Crippen LogP contribution >= 0.6 is 0 Å². The van der Waals surface area contributed by atoms with Crippen LogP contribution in [0, 0.1) is 17.8 Å². The van der Waals surface area contributed by atoms with Crippen LogP contribution in [0.5, 0.6) is 0 Å². The van der Waals surface area contributed by atoms with Crippen LogP contribution < -0.4 is 10.6 Å². The van der Waals surface area contributed by atoms with Crippen LogP contribution in [0.4, 0.5) is 4.79 Å². The molecule has 4 heteroatoms. The van der Waals surface area contributed by atoms with Gasteiger partial charge >= 0.3 is 6.03 Å². The van der Waals surface area contributed by atoms with Gasteiger partial charge in [-0.1, -0.05) is 0 Å². The van der Waals surface area contributed by atoms with Crippen molar-refractivity contribution in [1.29, 1.82) is 0 Å². The van der Waals surface area contributed by atoms with E-state index in [1.54, 1.807) is 0 Å². The molecule has 2 atom stereocenters. The van der Waals surface area contributed by atoms with Crippen molar-refractivity contribution in [1.82, 2.24) is 15.5 Å². The third kappa shape index (κ3) is 2.45. The highest BCUT2D eigenvalue weighted by atomic mass is 16.2. The van der Waals surface area contributed by atoms with E-state index in [0.29, 0.717) is 12.1 Å². The molecular weight excluding hydrogens is 262 g/mol. The molecule has 0 aromatic carbocycles. The SMILES string of the molecule is CC1CN(C(=O)NC23CC4CC(CC(C4)C2)C3)C(C)CN1. The standard InChI is InChI=1S/C17H29N3O/c1-11-10-20(12(2)9-18-11)16(21)19-17-6-13-3-14(7-17)5-15(4-13)8-17/h11-15,18H,3-10H2,1-2H3,(H,19,21). The zero-order chi connectivity index (χ0) is 14.6. The molecule has 0 aromatic heterocycles. The van der Waals surface area contributed by atoms with Gasteiger partial charge in [0.05, 0.1) is 0 Å². The number of piperazine rings is 1. The van der Waals surface area contributed by atoms with E-state index in [4.69, 9.17) is 0 Å². The van der Waals surface area contributed by atoms with Gasteiger partial charge in [-0.05, 0) is 70.1 Å². The fourth-order valence-electron chi connectivity index (χ4n) is 5.87. The molecule has 2 unspecified atom stereocenters. The van der Waals surface area contributed by atoms with E-state index in [0.717, 1.165) is 30.8 Å². The lowest BCUT2D eigenvalue weighted by Crippen LogP contribution is -2.65. The fraction of sp³-hybridized carbons (Fsp3) is 0.941. The minimum Gasteiger partial charge on any atom is -0.333 e. The second-order valence-corrected chi connectivity index (χ2v) is 8.44. The number of nitrogens with zero attached hydrogens (tertiary/aromatic N) is 1. The van der Waals surface area contributed by atoms with Crippen molar-refractivity contribution in [2.45, 2.75) is 70.0 Å². The summed E-state index contributed by atoms with van der Waals surface area (Å²) in [4.78, 5) is 14.9. The van der Waals surface area contributed by atoms with Crippen molar-refractivity contribution in [2.24, 2.45) is 17.8 Å². The lowest BCUT2D eigenvalue weighted by Gasteiger charge is -2.57. The first-order valence-corrected chi connectivity index (χ1v) is 8.85. The number of urea groups is 1. The van der Waals surface area contributed by atoms with Crippen LogP contribution in [0.25, 0.3) is 0 Å². The summed E-state index contributed by atoms with van der Waals surface area (Å²) in [6.07, 6.45) is 7.99. The van der Waals surface area contributed by atoms with Crippen molar-refractivity contribution in [3.05, 3.63) is 0 Å². The van der Waals surface area contributed by atoms with Crippen LogP contribution in [0.2, 0.25) is 0 Å². The minimum atomic E-state index is 0.139. The molecule has 2 amide bonds. The van der Waals surface area contributed by atoms with Crippen LogP contribution in [0.3, 0.4) is 0 Å². The number of carbonyl (C=O) groups is 1. The number of hydrogen-bond donors (Lipinski definition) is 2. The van der Waals surface area contributed by atoms with Gasteiger partial charge in [0.25, 0.3) is 0 Å². The lowest BCUT2D eigenvalue weighted by atomic mass is 9.53. The van der Waals surface area contributed by atoms with Gasteiger partial charge in [0, 0.05) is 30.7 Å². The molecule has 1 heterocycles. The Morgan fingerprint density at radius 2 is 1.67 bits per heavy atom. The number of carbonyl (C=O) groups excluding carboxylic acids is 1. The molecule has 4 nitrogen and oxygen atoms in total. The minimum absolute atomic E-state index is 0.139. The Morgan fingerprint density at radius 1 is 1.10 bits per heavy atom. The summed E-state index contributed by atoms with van der Waals surface area (Å²) < 4.78 is 0. The summed E-state index contributed by atoms with van der Waals surface area (Å²) in [5.41, 5.74) is 0.139. The first-order chi connectivity index (χ1) is 10.0. The molecule has 0 aromatic rings. The summed E-state index contributed by atoms with van der Waals surface area (Å²) in [6.45, 7) is 6.06. The summed E-state index contributed by atoms with van der Waals surface area (Å²) in [7, 11) is 0. The topological polar surface area (TPSA) is 44.4 Å². The summed E-state index contributed by atoms with van der Waals surface area (Å²) in [5, 5.41) is 6.96. The first kappa shape index (κ1) is 13.9. The van der Waals surface area contributed by atoms with Gasteiger partial charge < -0.3 is 15.5 Å². The van der Waals surface area contributed by atoms with Gasteiger partial charge in [-0.2, -0.15) is 0 Å². The van der Waals surface area contributed by atoms with Crippen LogP contribution in [0.15, 0.2) is 0 Å². The van der Waals surface area contributed by atoms with Crippen molar-refractivity contribution < 1.29 is 4.79 Å². The smallest absolute Gasteiger partial charge is 0.318 e. The Bertz CT molecular complexity index is 400. The summed E-state index contributed by atoms with van der Waals surface area (Å²) >= 11 is 0. The van der Waals surface area contributed by atoms with Crippen molar-refractivity contribution in [2.75, 3.05) is 13.1 Å².